The van der Waals surface area contributed by atoms with Crippen LogP contribution in [0.3, 0.4) is 0 Å². The number of rotatable bonds is 3. The van der Waals surface area contributed by atoms with Gasteiger partial charge in [-0.05, 0) is 30.9 Å². The molecule has 0 atom stereocenters. The Bertz CT molecular complexity index is 542. The third-order valence-electron chi connectivity index (χ3n) is 3.03. The van der Waals surface area contributed by atoms with Gasteiger partial charge in [0.05, 0.1) is 12.2 Å². The molecule has 2 heterocycles. The van der Waals surface area contributed by atoms with Crippen molar-refractivity contribution in [1.29, 1.82) is 0 Å². The quantitative estimate of drug-likeness (QED) is 0.865. The highest BCUT2D eigenvalue weighted by Gasteiger charge is 2.30. The van der Waals surface area contributed by atoms with Crippen molar-refractivity contribution in [2.24, 2.45) is 0 Å². The Balaban J connectivity index is 1.90. The van der Waals surface area contributed by atoms with E-state index >= 15 is 0 Å². The Morgan fingerprint density at radius 1 is 1.41 bits per heavy atom. The Kier molecular flexibility index (Phi) is 2.31. The van der Waals surface area contributed by atoms with Gasteiger partial charge in [0.15, 0.2) is 5.82 Å². The number of nitrogens with zero attached hydrogens (tertiary/aromatic N) is 4. The van der Waals surface area contributed by atoms with Crippen LogP contribution in [-0.2, 0) is 6.54 Å². The molecule has 5 heteroatoms. The molecule has 0 amide bonds. The van der Waals surface area contributed by atoms with Crippen molar-refractivity contribution >= 4 is 5.82 Å². The van der Waals surface area contributed by atoms with Crippen LogP contribution in [0.1, 0.15) is 35.6 Å². The van der Waals surface area contributed by atoms with Crippen LogP contribution in [0.4, 0.5) is 5.82 Å². The van der Waals surface area contributed by atoms with Gasteiger partial charge in [-0.1, -0.05) is 11.3 Å². The number of pyridine rings is 1. The van der Waals surface area contributed by atoms with E-state index in [-0.39, 0.29) is 0 Å². The number of hydrogen-bond acceptors (Lipinski definition) is 4. The van der Waals surface area contributed by atoms with E-state index < -0.39 is 0 Å². The maximum atomic E-state index is 5.86. The van der Waals surface area contributed by atoms with Crippen molar-refractivity contribution in [3.63, 3.8) is 0 Å². The van der Waals surface area contributed by atoms with Crippen molar-refractivity contribution < 1.29 is 0 Å². The lowest BCUT2D eigenvalue weighted by molar-refractivity contribution is 0.618. The second kappa shape index (κ2) is 3.84. The van der Waals surface area contributed by atoms with Gasteiger partial charge >= 0.3 is 0 Å². The fraction of sp³-hybridized carbons (Fsp3) is 0.417. The summed E-state index contributed by atoms with van der Waals surface area (Å²) in [6, 6.07) is 2.11. The van der Waals surface area contributed by atoms with Crippen LogP contribution < -0.4 is 5.73 Å². The largest absolute Gasteiger partial charge is 0.381 e. The molecule has 5 nitrogen and oxygen atoms in total. The van der Waals surface area contributed by atoms with Gasteiger partial charge in [-0.25, -0.2) is 4.68 Å². The normalized spacial score (nSPS) is 15.1. The summed E-state index contributed by atoms with van der Waals surface area (Å²) in [7, 11) is 0. The molecule has 0 unspecified atom stereocenters. The Labute approximate surface area is 99.7 Å². The molecule has 0 radical (unpaired) electrons. The van der Waals surface area contributed by atoms with Crippen LogP contribution >= 0.6 is 0 Å². The van der Waals surface area contributed by atoms with Crippen molar-refractivity contribution in [2.75, 3.05) is 5.73 Å². The number of nitrogens with two attached hydrogens (primary N) is 1. The monoisotopic (exact) mass is 229 g/mol. The zero-order chi connectivity index (χ0) is 11.8. The third-order valence-corrected chi connectivity index (χ3v) is 3.03. The lowest BCUT2D eigenvalue weighted by Gasteiger charge is -2.06. The summed E-state index contributed by atoms with van der Waals surface area (Å²) >= 11 is 0. The summed E-state index contributed by atoms with van der Waals surface area (Å²) in [4.78, 5) is 4.18. The first kappa shape index (κ1) is 10.3. The number of hydrogen-bond donors (Lipinski definition) is 1. The number of aryl methyl sites for hydroxylation is 1. The maximum absolute atomic E-state index is 5.86. The standard InChI is InChI=1S/C12H15N5/c1-8-4-9(6-14-5-8)7-17-11(10-2-3-10)12(13)15-16-17/h4-6,10H,2-3,7,13H2,1H3. The molecule has 1 saturated carbocycles. The van der Waals surface area contributed by atoms with Crippen LogP contribution in [0.15, 0.2) is 18.5 Å². The molecular formula is C12H15N5. The van der Waals surface area contributed by atoms with E-state index in [9.17, 15) is 0 Å². The lowest BCUT2D eigenvalue weighted by atomic mass is 10.2. The zero-order valence-electron chi connectivity index (χ0n) is 9.80. The van der Waals surface area contributed by atoms with Gasteiger partial charge in [0, 0.05) is 18.3 Å². The van der Waals surface area contributed by atoms with Crippen LogP contribution in [-0.4, -0.2) is 20.0 Å². The molecular weight excluding hydrogens is 214 g/mol. The predicted molar refractivity (Wildman–Crippen MR) is 64.5 cm³/mol. The highest BCUT2D eigenvalue weighted by molar-refractivity contribution is 5.38. The minimum absolute atomic E-state index is 0.558. The van der Waals surface area contributed by atoms with Gasteiger partial charge in [0.1, 0.15) is 0 Å². The topological polar surface area (TPSA) is 69.6 Å². The van der Waals surface area contributed by atoms with Crippen molar-refractivity contribution in [1.82, 2.24) is 20.0 Å². The Morgan fingerprint density at radius 2 is 2.24 bits per heavy atom. The third kappa shape index (κ3) is 2.00. The fourth-order valence-electron chi connectivity index (χ4n) is 2.10. The first-order chi connectivity index (χ1) is 8.24. The summed E-state index contributed by atoms with van der Waals surface area (Å²) in [5.74, 6) is 1.14. The Morgan fingerprint density at radius 3 is 2.94 bits per heavy atom. The molecule has 0 saturated heterocycles. The molecule has 1 aliphatic carbocycles. The average molecular weight is 229 g/mol. The molecule has 17 heavy (non-hydrogen) atoms. The van der Waals surface area contributed by atoms with Crippen molar-refractivity contribution in [3.8, 4) is 0 Å². The SMILES string of the molecule is Cc1cncc(Cn2nnc(N)c2C2CC2)c1. The zero-order valence-corrected chi connectivity index (χ0v) is 9.80. The molecule has 0 bridgehead atoms. The molecule has 0 aliphatic heterocycles. The van der Waals surface area contributed by atoms with Crippen LogP contribution in [0.2, 0.25) is 0 Å². The first-order valence-corrected chi connectivity index (χ1v) is 5.83. The summed E-state index contributed by atoms with van der Waals surface area (Å²) in [6.07, 6.45) is 6.11. The second-order valence-corrected chi connectivity index (χ2v) is 4.66. The van der Waals surface area contributed by atoms with Gasteiger partial charge in [-0.2, -0.15) is 0 Å². The number of aromatic nitrogens is 4. The van der Waals surface area contributed by atoms with Crippen LogP contribution in [0.25, 0.3) is 0 Å². The number of nitrogen functional groups attached to an aromatic ring is 1. The van der Waals surface area contributed by atoms with Gasteiger partial charge in [-0.15, -0.1) is 5.10 Å². The minimum atomic E-state index is 0.558. The number of anilines is 1. The average Bonchev–Trinajstić information content (AvgIpc) is 3.05. The second-order valence-electron chi connectivity index (χ2n) is 4.66. The van der Waals surface area contributed by atoms with Gasteiger partial charge in [0.25, 0.3) is 0 Å². The van der Waals surface area contributed by atoms with Crippen LogP contribution in [0, 0.1) is 6.92 Å². The van der Waals surface area contributed by atoms with E-state index in [1.807, 2.05) is 24.0 Å². The summed E-state index contributed by atoms with van der Waals surface area (Å²) < 4.78 is 1.91. The van der Waals surface area contributed by atoms with Crippen LogP contribution in [0.5, 0.6) is 0 Å². The molecule has 0 aromatic carbocycles. The van der Waals surface area contributed by atoms with E-state index in [1.165, 1.54) is 12.8 Å². The fourth-order valence-corrected chi connectivity index (χ4v) is 2.10. The highest BCUT2D eigenvalue weighted by atomic mass is 15.4. The van der Waals surface area contributed by atoms with E-state index in [2.05, 4.69) is 21.4 Å². The van der Waals surface area contributed by atoms with E-state index in [1.54, 1.807) is 0 Å². The predicted octanol–water partition coefficient (Wildman–Crippen LogP) is 1.49. The molecule has 0 spiro atoms. The molecule has 1 fully saturated rings. The van der Waals surface area contributed by atoms with Gasteiger partial charge in [-0.3, -0.25) is 4.98 Å². The summed E-state index contributed by atoms with van der Waals surface area (Å²) in [6.45, 7) is 2.73. The smallest absolute Gasteiger partial charge is 0.169 e. The van der Waals surface area contributed by atoms with Gasteiger partial charge < -0.3 is 5.73 Å². The summed E-state index contributed by atoms with van der Waals surface area (Å²) in [5.41, 5.74) is 9.24. The van der Waals surface area contributed by atoms with E-state index in [0.717, 1.165) is 16.8 Å². The van der Waals surface area contributed by atoms with E-state index in [4.69, 9.17) is 5.73 Å². The van der Waals surface area contributed by atoms with Crippen molar-refractivity contribution in [3.05, 3.63) is 35.3 Å². The molecule has 2 aromatic rings. The summed E-state index contributed by atoms with van der Waals surface area (Å²) in [5, 5.41) is 8.08. The molecule has 1 aliphatic rings. The molecule has 2 N–H and O–H groups in total. The highest BCUT2D eigenvalue weighted by Crippen LogP contribution is 2.42. The van der Waals surface area contributed by atoms with E-state index in [0.29, 0.717) is 18.3 Å². The van der Waals surface area contributed by atoms with Gasteiger partial charge in [0.2, 0.25) is 0 Å². The van der Waals surface area contributed by atoms with Crippen molar-refractivity contribution in [2.45, 2.75) is 32.2 Å². The molecule has 88 valence electrons. The molecule has 2 aromatic heterocycles. The molecule has 3 rings (SSSR count). The maximum Gasteiger partial charge on any atom is 0.169 e. The first-order valence-electron chi connectivity index (χ1n) is 5.83. The lowest BCUT2D eigenvalue weighted by Crippen LogP contribution is -2.07. The Hall–Kier alpha value is -1.91. The minimum Gasteiger partial charge on any atom is -0.381 e.